The monoisotopic (exact) mass is 209 g/mol. The summed E-state index contributed by atoms with van der Waals surface area (Å²) < 4.78 is 0. The van der Waals surface area contributed by atoms with Gasteiger partial charge in [-0.2, -0.15) is 0 Å². The van der Waals surface area contributed by atoms with Crippen molar-refractivity contribution in [3.8, 4) is 0 Å². The minimum atomic E-state index is 1.07. The van der Waals surface area contributed by atoms with Gasteiger partial charge in [-0.05, 0) is 0 Å². The van der Waals surface area contributed by atoms with E-state index < -0.39 is 0 Å². The average Bonchev–Trinajstić information content (AvgIpc) is 2.67. The molecule has 0 radical (unpaired) electrons. The van der Waals surface area contributed by atoms with Crippen LogP contribution >= 0.6 is 0 Å². The number of allylic oxidation sites excluding steroid dienone is 2. The second-order valence-corrected chi connectivity index (χ2v) is 5.06. The molecule has 1 aromatic rings. The third-order valence-corrected chi connectivity index (χ3v) is 3.76. The van der Waals surface area contributed by atoms with Crippen LogP contribution in [0.25, 0.3) is 16.7 Å². The molecule has 0 N–H and O–H groups in total. The molecular weight excluding hydrogens is 193 g/mol. The van der Waals surface area contributed by atoms with E-state index in [4.69, 9.17) is 0 Å². The number of rotatable bonds is 0. The van der Waals surface area contributed by atoms with Gasteiger partial charge in [-0.15, -0.1) is 0 Å². The average molecular weight is 209 g/mol. The van der Waals surface area contributed by atoms with Crippen molar-refractivity contribution in [1.82, 2.24) is 0 Å². The van der Waals surface area contributed by atoms with Crippen LogP contribution in [0.3, 0.4) is 0 Å². The van der Waals surface area contributed by atoms with Gasteiger partial charge in [-0.3, -0.25) is 0 Å². The summed E-state index contributed by atoms with van der Waals surface area (Å²) >= 11 is 0. The van der Waals surface area contributed by atoms with Crippen molar-refractivity contribution in [2.45, 2.75) is 20.8 Å². The SMILES string of the molecule is CC1=CC(C)=c2bc3c(cc21)=C(C)CN3C. The molecule has 1 aromatic heterocycles. The van der Waals surface area contributed by atoms with Crippen molar-refractivity contribution in [1.29, 1.82) is 0 Å². The van der Waals surface area contributed by atoms with Gasteiger partial charge in [0.25, 0.3) is 0 Å². The van der Waals surface area contributed by atoms with Gasteiger partial charge in [-0.25, -0.2) is 0 Å². The molecule has 0 saturated carbocycles. The summed E-state index contributed by atoms with van der Waals surface area (Å²) in [5.41, 5.74) is 7.09. The number of hydrogen-bond donors (Lipinski definition) is 0. The van der Waals surface area contributed by atoms with Crippen molar-refractivity contribution >= 4 is 29.2 Å². The van der Waals surface area contributed by atoms with Crippen molar-refractivity contribution in [3.63, 3.8) is 0 Å². The quantitative estimate of drug-likeness (QED) is 0.621. The first kappa shape index (κ1) is 9.89. The Labute approximate surface area is 97.0 Å². The second kappa shape index (κ2) is 3.10. The van der Waals surface area contributed by atoms with E-state index in [0.29, 0.717) is 0 Å². The Kier molecular flexibility index (Phi) is 1.91. The Bertz CT molecular complexity index is 637. The number of nitrogens with zero attached hydrogens (tertiary/aromatic N) is 1. The summed E-state index contributed by atoms with van der Waals surface area (Å²) in [7, 11) is 2.17. The fourth-order valence-electron chi connectivity index (χ4n) is 2.90. The molecule has 0 atom stereocenters. The van der Waals surface area contributed by atoms with Crippen LogP contribution in [-0.4, -0.2) is 20.5 Å². The predicted molar refractivity (Wildman–Crippen MR) is 72.1 cm³/mol. The van der Waals surface area contributed by atoms with E-state index in [1.165, 1.54) is 38.2 Å². The Morgan fingerprint density at radius 1 is 1.25 bits per heavy atom. The minimum absolute atomic E-state index is 1.07. The second-order valence-electron chi connectivity index (χ2n) is 5.06. The first-order valence-electron chi connectivity index (χ1n) is 5.82. The maximum atomic E-state index is 2.37. The molecule has 1 nitrogen and oxygen atoms in total. The van der Waals surface area contributed by atoms with Crippen LogP contribution in [0.1, 0.15) is 26.3 Å². The van der Waals surface area contributed by atoms with Crippen LogP contribution in [0.5, 0.6) is 0 Å². The number of fused-ring (bicyclic) bond motifs is 2. The van der Waals surface area contributed by atoms with Crippen molar-refractivity contribution in [3.05, 3.63) is 28.0 Å². The van der Waals surface area contributed by atoms with E-state index in [1.54, 1.807) is 0 Å². The van der Waals surface area contributed by atoms with Crippen molar-refractivity contribution in [2.24, 2.45) is 0 Å². The molecule has 0 bridgehead atoms. The summed E-state index contributed by atoms with van der Waals surface area (Å²) in [6.45, 7) is 10.1. The molecule has 1 aliphatic heterocycles. The van der Waals surface area contributed by atoms with Crippen LogP contribution in [0.15, 0.2) is 12.1 Å². The summed E-state index contributed by atoms with van der Waals surface area (Å²) in [5, 5.41) is 2.85. The van der Waals surface area contributed by atoms with Gasteiger partial charge in [0.15, 0.2) is 0 Å². The Morgan fingerprint density at radius 2 is 2.00 bits per heavy atom. The Balaban J connectivity index is 2.42. The maximum absolute atomic E-state index is 2.37. The third-order valence-electron chi connectivity index (χ3n) is 3.76. The third kappa shape index (κ3) is 1.16. The van der Waals surface area contributed by atoms with E-state index in [0.717, 1.165) is 6.54 Å². The van der Waals surface area contributed by atoms with E-state index >= 15 is 0 Å². The Hall–Kier alpha value is -1.31. The molecule has 2 aliphatic rings. The van der Waals surface area contributed by atoms with Crippen LogP contribution < -0.4 is 15.2 Å². The van der Waals surface area contributed by atoms with Gasteiger partial charge in [0.05, 0.1) is 0 Å². The van der Waals surface area contributed by atoms with Crippen molar-refractivity contribution < 1.29 is 0 Å². The number of anilines is 1. The van der Waals surface area contributed by atoms with Crippen LogP contribution in [0.4, 0.5) is 5.58 Å². The summed E-state index contributed by atoms with van der Waals surface area (Å²) in [6.07, 6.45) is 2.29. The van der Waals surface area contributed by atoms with Crippen molar-refractivity contribution in [2.75, 3.05) is 18.5 Å². The van der Waals surface area contributed by atoms with E-state index in [1.807, 2.05) is 0 Å². The molecule has 2 heterocycles. The fraction of sp³-hybridized carbons (Fsp3) is 0.357. The topological polar surface area (TPSA) is 3.24 Å². The van der Waals surface area contributed by atoms with Gasteiger partial charge in [0.1, 0.15) is 0 Å². The molecule has 0 amide bonds. The molecule has 0 fully saturated rings. The van der Waals surface area contributed by atoms with E-state index in [-0.39, 0.29) is 0 Å². The van der Waals surface area contributed by atoms with Gasteiger partial charge < -0.3 is 0 Å². The zero-order valence-electron chi connectivity index (χ0n) is 10.4. The zero-order chi connectivity index (χ0) is 11.4. The summed E-state index contributed by atoms with van der Waals surface area (Å²) in [5.74, 6) is 0. The molecular formula is C14H16BN. The summed E-state index contributed by atoms with van der Waals surface area (Å²) in [6, 6.07) is 2.37. The van der Waals surface area contributed by atoms with Gasteiger partial charge in [-0.1, -0.05) is 0 Å². The molecule has 0 unspecified atom stereocenters. The molecule has 3 rings (SSSR count). The summed E-state index contributed by atoms with van der Waals surface area (Å²) in [4.78, 5) is 2.34. The normalized spacial score (nSPS) is 17.5. The van der Waals surface area contributed by atoms with E-state index in [9.17, 15) is 0 Å². The van der Waals surface area contributed by atoms with Crippen LogP contribution in [-0.2, 0) is 0 Å². The van der Waals surface area contributed by atoms with Crippen LogP contribution in [0.2, 0.25) is 0 Å². The predicted octanol–water partition coefficient (Wildman–Crippen LogP) is 1.23. The molecule has 0 saturated heterocycles. The van der Waals surface area contributed by atoms with Gasteiger partial charge in [0, 0.05) is 0 Å². The molecule has 16 heavy (non-hydrogen) atoms. The first-order valence-corrected chi connectivity index (χ1v) is 5.82. The van der Waals surface area contributed by atoms with Gasteiger partial charge in [0.2, 0.25) is 0 Å². The molecule has 1 aliphatic carbocycles. The zero-order valence-corrected chi connectivity index (χ0v) is 10.4. The molecule has 2 heteroatoms. The molecule has 80 valence electrons. The molecule has 0 spiro atoms. The van der Waals surface area contributed by atoms with Gasteiger partial charge >= 0.3 is 96.5 Å². The standard InChI is InChI=1S/C14H16BN/c1-8-5-9(2)13-11(8)6-12-10(3)7-16(4)14(12)15-13/h5-6H,7H2,1-4H3. The number of hydrogen-bond acceptors (Lipinski definition) is 1. The van der Waals surface area contributed by atoms with E-state index in [2.05, 4.69) is 51.8 Å². The molecule has 0 aromatic carbocycles. The van der Waals surface area contributed by atoms with Crippen LogP contribution in [0, 0.1) is 0 Å². The first-order chi connectivity index (χ1) is 7.58. The Morgan fingerprint density at radius 3 is 2.75 bits per heavy atom. The fourth-order valence-corrected chi connectivity index (χ4v) is 2.90.